The lowest BCUT2D eigenvalue weighted by atomic mass is 10.0. The van der Waals surface area contributed by atoms with Gasteiger partial charge < -0.3 is 5.11 Å². The number of carbonyl (C=O) groups is 2. The highest BCUT2D eigenvalue weighted by molar-refractivity contribution is 6.31. The Morgan fingerprint density at radius 3 is 2.68 bits per heavy atom. The third-order valence-corrected chi connectivity index (χ3v) is 3.96. The van der Waals surface area contributed by atoms with Crippen LogP contribution in [0, 0.1) is 5.82 Å². The van der Waals surface area contributed by atoms with E-state index in [4.69, 9.17) is 16.7 Å². The largest absolute Gasteiger partial charge is 0.478 e. The molecule has 1 aliphatic rings. The average Bonchev–Trinajstić information content (AvgIpc) is 2.72. The first-order valence-corrected chi connectivity index (χ1v) is 6.94. The van der Waals surface area contributed by atoms with Crippen molar-refractivity contribution in [1.82, 2.24) is 0 Å². The smallest absolute Gasteiger partial charge is 0.338 e. The molecule has 6 heteroatoms. The minimum Gasteiger partial charge on any atom is -0.478 e. The van der Waals surface area contributed by atoms with Crippen molar-refractivity contribution in [3.8, 4) is 0 Å². The second-order valence-corrected chi connectivity index (χ2v) is 5.50. The zero-order valence-corrected chi connectivity index (χ0v) is 12.3. The molecule has 0 aliphatic carbocycles. The standard InChI is InChI=1S/C16H11ClFNO3/c1-8-11-6-9(17)2-5-14(11)19(15(8)20)10-3-4-13(18)12(7-10)16(21)22/h2-8H,1H3,(H,21,22). The maximum Gasteiger partial charge on any atom is 0.338 e. The van der Waals surface area contributed by atoms with Gasteiger partial charge in [0.05, 0.1) is 17.2 Å². The molecule has 0 saturated carbocycles. The van der Waals surface area contributed by atoms with E-state index >= 15 is 0 Å². The van der Waals surface area contributed by atoms with Crippen molar-refractivity contribution in [2.75, 3.05) is 4.90 Å². The first kappa shape index (κ1) is 14.5. The van der Waals surface area contributed by atoms with Gasteiger partial charge in [0.1, 0.15) is 5.82 Å². The molecule has 22 heavy (non-hydrogen) atoms. The van der Waals surface area contributed by atoms with Gasteiger partial charge in [-0.2, -0.15) is 0 Å². The van der Waals surface area contributed by atoms with Gasteiger partial charge in [-0.25, -0.2) is 9.18 Å². The van der Waals surface area contributed by atoms with Crippen molar-refractivity contribution in [2.24, 2.45) is 0 Å². The summed E-state index contributed by atoms with van der Waals surface area (Å²) < 4.78 is 13.5. The lowest BCUT2D eigenvalue weighted by Gasteiger charge is -2.18. The molecule has 4 nitrogen and oxygen atoms in total. The number of anilines is 2. The van der Waals surface area contributed by atoms with Crippen molar-refractivity contribution in [3.05, 3.63) is 58.4 Å². The SMILES string of the molecule is CC1C(=O)N(c2ccc(F)c(C(=O)O)c2)c2ccc(Cl)cc21. The molecule has 1 atom stereocenters. The summed E-state index contributed by atoms with van der Waals surface area (Å²) in [5.41, 5.74) is 1.24. The Morgan fingerprint density at radius 2 is 2.00 bits per heavy atom. The molecular formula is C16H11ClFNO3. The molecule has 0 spiro atoms. The summed E-state index contributed by atoms with van der Waals surface area (Å²) in [6.07, 6.45) is 0. The van der Waals surface area contributed by atoms with E-state index in [0.29, 0.717) is 16.4 Å². The van der Waals surface area contributed by atoms with Crippen LogP contribution < -0.4 is 4.90 Å². The van der Waals surface area contributed by atoms with Crippen LogP contribution in [0.3, 0.4) is 0 Å². The number of carbonyl (C=O) groups excluding carboxylic acids is 1. The summed E-state index contributed by atoms with van der Waals surface area (Å²) in [5, 5.41) is 9.54. The van der Waals surface area contributed by atoms with E-state index in [1.807, 2.05) is 0 Å². The van der Waals surface area contributed by atoms with E-state index in [1.54, 1.807) is 25.1 Å². The highest BCUT2D eigenvalue weighted by Crippen LogP contribution is 2.43. The first-order valence-electron chi connectivity index (χ1n) is 6.56. The number of benzene rings is 2. The zero-order chi connectivity index (χ0) is 16.0. The first-order chi connectivity index (χ1) is 10.4. The van der Waals surface area contributed by atoms with E-state index in [1.165, 1.54) is 11.0 Å². The van der Waals surface area contributed by atoms with Crippen LogP contribution in [0.15, 0.2) is 36.4 Å². The number of nitrogens with zero attached hydrogens (tertiary/aromatic N) is 1. The number of rotatable bonds is 2. The molecule has 1 unspecified atom stereocenters. The summed E-state index contributed by atoms with van der Waals surface area (Å²) >= 11 is 5.96. The third kappa shape index (κ3) is 2.14. The number of carboxylic acid groups (broad SMARTS) is 1. The molecule has 2 aromatic rings. The molecule has 0 bridgehead atoms. The fraction of sp³-hybridized carbons (Fsp3) is 0.125. The highest BCUT2D eigenvalue weighted by atomic mass is 35.5. The Bertz CT molecular complexity index is 806. The molecule has 0 aromatic heterocycles. The predicted octanol–water partition coefficient (Wildman–Crippen LogP) is 3.96. The maximum absolute atomic E-state index is 13.5. The van der Waals surface area contributed by atoms with Gasteiger partial charge in [-0.1, -0.05) is 11.6 Å². The Morgan fingerprint density at radius 1 is 1.27 bits per heavy atom. The molecular weight excluding hydrogens is 309 g/mol. The molecule has 3 rings (SSSR count). The number of hydrogen-bond acceptors (Lipinski definition) is 2. The number of carboxylic acids is 1. The summed E-state index contributed by atoms with van der Waals surface area (Å²) in [6.45, 7) is 1.75. The van der Waals surface area contributed by atoms with Gasteiger partial charge in [-0.05, 0) is 48.9 Å². The van der Waals surface area contributed by atoms with Gasteiger partial charge in [-0.15, -0.1) is 0 Å². The van der Waals surface area contributed by atoms with Gasteiger partial charge in [0.2, 0.25) is 5.91 Å². The van der Waals surface area contributed by atoms with Crippen molar-refractivity contribution < 1.29 is 19.1 Å². The number of aromatic carboxylic acids is 1. The lowest BCUT2D eigenvalue weighted by Crippen LogP contribution is -2.23. The molecule has 0 radical (unpaired) electrons. The quantitative estimate of drug-likeness (QED) is 0.911. The number of hydrogen-bond donors (Lipinski definition) is 1. The molecule has 0 fully saturated rings. The van der Waals surface area contributed by atoms with Crippen molar-refractivity contribution in [2.45, 2.75) is 12.8 Å². The van der Waals surface area contributed by atoms with Crippen LogP contribution in [0.4, 0.5) is 15.8 Å². The molecule has 2 aromatic carbocycles. The number of amides is 1. The van der Waals surface area contributed by atoms with Crippen molar-refractivity contribution in [1.29, 1.82) is 0 Å². The summed E-state index contributed by atoms with van der Waals surface area (Å²) in [5.74, 6) is -2.82. The van der Waals surface area contributed by atoms with Crippen LogP contribution in [-0.4, -0.2) is 17.0 Å². The van der Waals surface area contributed by atoms with E-state index < -0.39 is 23.3 Å². The number of halogens is 2. The highest BCUT2D eigenvalue weighted by Gasteiger charge is 2.35. The summed E-state index contributed by atoms with van der Waals surface area (Å²) in [7, 11) is 0. The zero-order valence-electron chi connectivity index (χ0n) is 11.5. The van der Waals surface area contributed by atoms with E-state index in [9.17, 15) is 14.0 Å². The third-order valence-electron chi connectivity index (χ3n) is 3.73. The molecule has 1 N–H and O–H groups in total. The van der Waals surface area contributed by atoms with Gasteiger partial charge >= 0.3 is 5.97 Å². The van der Waals surface area contributed by atoms with Crippen LogP contribution in [0.25, 0.3) is 0 Å². The fourth-order valence-corrected chi connectivity index (χ4v) is 2.78. The molecule has 1 aliphatic heterocycles. The van der Waals surface area contributed by atoms with Gasteiger partial charge in [0.15, 0.2) is 0 Å². The second kappa shape index (κ2) is 5.10. The topological polar surface area (TPSA) is 57.6 Å². The van der Waals surface area contributed by atoms with Crippen molar-refractivity contribution >= 4 is 34.9 Å². The Labute approximate surface area is 130 Å². The Hall–Kier alpha value is -2.40. The van der Waals surface area contributed by atoms with Gasteiger partial charge in [0, 0.05) is 10.7 Å². The monoisotopic (exact) mass is 319 g/mol. The summed E-state index contributed by atoms with van der Waals surface area (Å²) in [6, 6.07) is 8.65. The van der Waals surface area contributed by atoms with Crippen LogP contribution in [0.1, 0.15) is 28.8 Å². The Balaban J connectivity index is 2.16. The minimum atomic E-state index is -1.38. The van der Waals surface area contributed by atoms with E-state index in [0.717, 1.165) is 17.7 Å². The van der Waals surface area contributed by atoms with Crippen LogP contribution in [-0.2, 0) is 4.79 Å². The number of fused-ring (bicyclic) bond motifs is 1. The van der Waals surface area contributed by atoms with Gasteiger partial charge in [-0.3, -0.25) is 9.69 Å². The minimum absolute atomic E-state index is 0.208. The molecule has 112 valence electrons. The summed E-state index contributed by atoms with van der Waals surface area (Å²) in [4.78, 5) is 24.9. The maximum atomic E-state index is 13.5. The van der Waals surface area contributed by atoms with Gasteiger partial charge in [0.25, 0.3) is 0 Å². The van der Waals surface area contributed by atoms with Crippen molar-refractivity contribution in [3.63, 3.8) is 0 Å². The predicted molar refractivity (Wildman–Crippen MR) is 80.4 cm³/mol. The van der Waals surface area contributed by atoms with E-state index in [2.05, 4.69) is 0 Å². The Kier molecular flexibility index (Phi) is 3.37. The lowest BCUT2D eigenvalue weighted by molar-refractivity contribution is -0.118. The second-order valence-electron chi connectivity index (χ2n) is 5.07. The van der Waals surface area contributed by atoms with Crippen LogP contribution in [0.2, 0.25) is 5.02 Å². The molecule has 0 saturated heterocycles. The van der Waals surface area contributed by atoms with Crippen LogP contribution in [0.5, 0.6) is 0 Å². The normalized spacial score (nSPS) is 16.8. The molecule has 1 amide bonds. The van der Waals surface area contributed by atoms with Crippen LogP contribution >= 0.6 is 11.6 Å². The van der Waals surface area contributed by atoms with E-state index in [-0.39, 0.29) is 5.91 Å². The fourth-order valence-electron chi connectivity index (χ4n) is 2.60. The molecule has 1 heterocycles. The average molecular weight is 320 g/mol.